The Morgan fingerprint density at radius 1 is 1.26 bits per heavy atom. The first kappa shape index (κ1) is 12.2. The Balaban J connectivity index is 1.79. The van der Waals surface area contributed by atoms with Crippen LogP contribution in [0.5, 0.6) is 0 Å². The highest BCUT2D eigenvalue weighted by Gasteiger charge is 2.26. The van der Waals surface area contributed by atoms with Gasteiger partial charge in [-0.2, -0.15) is 18.2 Å². The molecule has 3 N–H and O–H groups in total. The van der Waals surface area contributed by atoms with Crippen LogP contribution in [0.3, 0.4) is 0 Å². The van der Waals surface area contributed by atoms with Crippen molar-refractivity contribution in [3.05, 3.63) is 36.5 Å². The van der Waals surface area contributed by atoms with Gasteiger partial charge in [-0.15, -0.1) is 0 Å². The Hall–Kier alpha value is -1.86. The molecule has 2 aromatic rings. The number of nitrogens with zero attached hydrogens (tertiary/aromatic N) is 1. The van der Waals surface area contributed by atoms with Crippen molar-refractivity contribution in [2.24, 2.45) is 0 Å². The molecule has 0 bridgehead atoms. The van der Waals surface area contributed by atoms with E-state index >= 15 is 0 Å². The second-order valence-corrected chi connectivity index (χ2v) is 6.00. The van der Waals surface area contributed by atoms with Gasteiger partial charge in [-0.1, -0.05) is 12.1 Å². The van der Waals surface area contributed by atoms with Crippen LogP contribution < -0.4 is 9.44 Å². The quantitative estimate of drug-likeness (QED) is 0.774. The predicted octanol–water partition coefficient (Wildman–Crippen LogP) is 1.49. The molecule has 0 unspecified atom stereocenters. The van der Waals surface area contributed by atoms with Crippen LogP contribution in [0.15, 0.2) is 36.5 Å². The van der Waals surface area contributed by atoms with E-state index in [1.165, 1.54) is 0 Å². The van der Waals surface area contributed by atoms with Crippen LogP contribution in [-0.4, -0.2) is 24.7 Å². The van der Waals surface area contributed by atoms with Crippen molar-refractivity contribution >= 4 is 15.9 Å². The van der Waals surface area contributed by atoms with Crippen LogP contribution in [0, 0.1) is 0 Å². The maximum absolute atomic E-state index is 11.8. The first-order valence-corrected chi connectivity index (χ1v) is 7.51. The Morgan fingerprint density at radius 3 is 2.79 bits per heavy atom. The van der Waals surface area contributed by atoms with Crippen LogP contribution in [0.1, 0.15) is 12.8 Å². The van der Waals surface area contributed by atoms with Gasteiger partial charge in [0.1, 0.15) is 0 Å². The van der Waals surface area contributed by atoms with Crippen LogP contribution >= 0.6 is 0 Å². The summed E-state index contributed by atoms with van der Waals surface area (Å²) in [5, 5.41) is 6.72. The smallest absolute Gasteiger partial charge is 0.278 e. The lowest BCUT2D eigenvalue weighted by Gasteiger charge is -2.09. The molecule has 3 rings (SSSR count). The summed E-state index contributed by atoms with van der Waals surface area (Å²) >= 11 is 0. The van der Waals surface area contributed by atoms with E-state index in [2.05, 4.69) is 19.6 Å². The number of nitrogens with one attached hydrogen (secondary N) is 3. The van der Waals surface area contributed by atoms with Gasteiger partial charge in [0.15, 0.2) is 0 Å². The monoisotopic (exact) mass is 278 g/mol. The molecule has 1 aromatic carbocycles. The van der Waals surface area contributed by atoms with Gasteiger partial charge in [-0.3, -0.25) is 9.82 Å². The highest BCUT2D eigenvalue weighted by Crippen LogP contribution is 2.22. The Labute approximate surface area is 111 Å². The van der Waals surface area contributed by atoms with Gasteiger partial charge in [-0.25, -0.2) is 0 Å². The number of hydrogen-bond acceptors (Lipinski definition) is 3. The molecule has 1 fully saturated rings. The lowest BCUT2D eigenvalue weighted by molar-refractivity contribution is 0.586. The molecule has 0 aliphatic heterocycles. The summed E-state index contributed by atoms with van der Waals surface area (Å²) < 4.78 is 28.7. The van der Waals surface area contributed by atoms with Crippen molar-refractivity contribution < 1.29 is 8.42 Å². The fourth-order valence-corrected chi connectivity index (χ4v) is 2.94. The summed E-state index contributed by atoms with van der Waals surface area (Å²) in [6, 6.07) is 9.08. The minimum Gasteiger partial charge on any atom is -0.278 e. The third kappa shape index (κ3) is 3.12. The number of aromatic amines is 1. The molecule has 0 amide bonds. The van der Waals surface area contributed by atoms with Crippen molar-refractivity contribution in [2.75, 3.05) is 4.72 Å². The average molecular weight is 278 g/mol. The second-order valence-electron chi connectivity index (χ2n) is 4.55. The Morgan fingerprint density at radius 2 is 2.11 bits per heavy atom. The second kappa shape index (κ2) is 4.67. The average Bonchev–Trinajstić information content (AvgIpc) is 2.98. The number of aromatic nitrogens is 2. The van der Waals surface area contributed by atoms with Gasteiger partial charge in [0, 0.05) is 17.8 Å². The van der Waals surface area contributed by atoms with Crippen molar-refractivity contribution in [1.29, 1.82) is 0 Å². The first-order valence-electron chi connectivity index (χ1n) is 6.02. The maximum atomic E-state index is 11.8. The van der Waals surface area contributed by atoms with Crippen molar-refractivity contribution in [2.45, 2.75) is 18.9 Å². The Kier molecular flexibility index (Phi) is 3.00. The number of anilines is 1. The summed E-state index contributed by atoms with van der Waals surface area (Å²) in [6.07, 6.45) is 3.48. The van der Waals surface area contributed by atoms with Crippen molar-refractivity contribution in [1.82, 2.24) is 14.9 Å². The highest BCUT2D eigenvalue weighted by molar-refractivity contribution is 7.90. The summed E-state index contributed by atoms with van der Waals surface area (Å²) in [5.41, 5.74) is 2.25. The topological polar surface area (TPSA) is 86.9 Å². The molecule has 6 nitrogen and oxygen atoms in total. The summed E-state index contributed by atoms with van der Waals surface area (Å²) in [6.45, 7) is 0. The Bertz CT molecular complexity index is 663. The van der Waals surface area contributed by atoms with E-state index < -0.39 is 10.2 Å². The van der Waals surface area contributed by atoms with Crippen LogP contribution in [0.4, 0.5) is 5.69 Å². The lowest BCUT2D eigenvalue weighted by atomic mass is 10.1. The SMILES string of the molecule is O=S(=O)(Nc1cccc(-c2ccn[nH]2)c1)NC1CC1. The molecule has 1 aromatic heterocycles. The fourth-order valence-electron chi connectivity index (χ4n) is 1.77. The maximum Gasteiger partial charge on any atom is 0.299 e. The van der Waals surface area contributed by atoms with Crippen LogP contribution in [-0.2, 0) is 10.2 Å². The number of H-pyrrole nitrogens is 1. The first-order chi connectivity index (χ1) is 9.12. The van der Waals surface area contributed by atoms with Gasteiger partial charge in [0.2, 0.25) is 0 Å². The number of benzene rings is 1. The summed E-state index contributed by atoms with van der Waals surface area (Å²) in [7, 11) is -3.48. The molecule has 19 heavy (non-hydrogen) atoms. The summed E-state index contributed by atoms with van der Waals surface area (Å²) in [4.78, 5) is 0. The molecule has 1 aliphatic rings. The van der Waals surface area contributed by atoms with Crippen molar-refractivity contribution in [3.63, 3.8) is 0 Å². The van der Waals surface area contributed by atoms with E-state index in [1.54, 1.807) is 24.4 Å². The van der Waals surface area contributed by atoms with Gasteiger partial charge in [0.25, 0.3) is 10.2 Å². The standard InChI is InChI=1S/C12H14N4O2S/c17-19(18,15-10-4-5-10)16-11-3-1-2-9(8-11)12-6-7-13-14-12/h1-3,6-8,10,15-16H,4-5H2,(H,13,14). The zero-order valence-electron chi connectivity index (χ0n) is 10.1. The summed E-state index contributed by atoms with van der Waals surface area (Å²) in [5.74, 6) is 0. The van der Waals surface area contributed by atoms with E-state index in [9.17, 15) is 8.42 Å². The van der Waals surface area contributed by atoms with Crippen molar-refractivity contribution in [3.8, 4) is 11.3 Å². The molecule has 1 aliphatic carbocycles. The molecule has 1 saturated carbocycles. The van der Waals surface area contributed by atoms with Gasteiger partial charge in [-0.05, 0) is 31.0 Å². The van der Waals surface area contributed by atoms with E-state index in [0.717, 1.165) is 24.1 Å². The largest absolute Gasteiger partial charge is 0.299 e. The molecule has 0 spiro atoms. The molecular formula is C12H14N4O2S. The van der Waals surface area contributed by atoms with E-state index in [1.807, 2.05) is 12.1 Å². The van der Waals surface area contributed by atoms with E-state index in [0.29, 0.717) is 5.69 Å². The zero-order valence-corrected chi connectivity index (χ0v) is 10.9. The number of hydrogen-bond donors (Lipinski definition) is 3. The lowest BCUT2D eigenvalue weighted by Crippen LogP contribution is -2.31. The van der Waals surface area contributed by atoms with E-state index in [-0.39, 0.29) is 6.04 Å². The van der Waals surface area contributed by atoms with Gasteiger partial charge in [0.05, 0.1) is 11.4 Å². The fraction of sp³-hybridized carbons (Fsp3) is 0.250. The highest BCUT2D eigenvalue weighted by atomic mass is 32.2. The zero-order chi connectivity index (χ0) is 13.3. The molecule has 0 saturated heterocycles. The van der Waals surface area contributed by atoms with E-state index in [4.69, 9.17) is 0 Å². The molecule has 0 radical (unpaired) electrons. The third-order valence-electron chi connectivity index (χ3n) is 2.83. The van der Waals surface area contributed by atoms with Gasteiger partial charge < -0.3 is 0 Å². The number of rotatable bonds is 5. The molecule has 1 heterocycles. The normalized spacial score (nSPS) is 15.4. The third-order valence-corrected chi connectivity index (χ3v) is 3.97. The molecular weight excluding hydrogens is 264 g/mol. The molecule has 100 valence electrons. The minimum absolute atomic E-state index is 0.0910. The molecule has 7 heteroatoms. The van der Waals surface area contributed by atoms with Gasteiger partial charge >= 0.3 is 0 Å². The van der Waals surface area contributed by atoms with Crippen LogP contribution in [0.25, 0.3) is 11.3 Å². The van der Waals surface area contributed by atoms with Crippen LogP contribution in [0.2, 0.25) is 0 Å². The minimum atomic E-state index is -3.48. The molecule has 0 atom stereocenters. The predicted molar refractivity (Wildman–Crippen MR) is 72.7 cm³/mol.